The van der Waals surface area contributed by atoms with Crippen molar-refractivity contribution >= 4 is 5.91 Å². The van der Waals surface area contributed by atoms with E-state index in [1.165, 1.54) is 18.2 Å². The van der Waals surface area contributed by atoms with Crippen molar-refractivity contribution in [2.45, 2.75) is 24.9 Å². The maximum Gasteiger partial charge on any atom is 0.291 e. The number of hydrogen-bond acceptors (Lipinski definition) is 5. The Labute approximate surface area is 156 Å². The highest BCUT2D eigenvalue weighted by atomic mass is 16.5. The second kappa shape index (κ2) is 6.35. The summed E-state index contributed by atoms with van der Waals surface area (Å²) in [6.45, 7) is 1.90. The van der Waals surface area contributed by atoms with Crippen LogP contribution in [0.2, 0.25) is 0 Å². The van der Waals surface area contributed by atoms with Gasteiger partial charge >= 0.3 is 0 Å². The van der Waals surface area contributed by atoms with Gasteiger partial charge in [-0.2, -0.15) is 5.10 Å². The van der Waals surface area contributed by atoms with Gasteiger partial charge in [0.2, 0.25) is 5.76 Å². The highest BCUT2D eigenvalue weighted by molar-refractivity contribution is 5.91. The third-order valence-corrected chi connectivity index (χ3v) is 5.49. The maximum atomic E-state index is 12.5. The van der Waals surface area contributed by atoms with Crippen LogP contribution in [0, 0.1) is 0 Å². The van der Waals surface area contributed by atoms with E-state index in [1.807, 2.05) is 35.0 Å². The van der Waals surface area contributed by atoms with Crippen LogP contribution in [0.3, 0.4) is 0 Å². The summed E-state index contributed by atoms with van der Waals surface area (Å²) in [6, 6.07) is 10.1. The molecule has 27 heavy (non-hydrogen) atoms. The summed E-state index contributed by atoms with van der Waals surface area (Å²) in [5.41, 5.74) is 2.88. The number of amides is 1. The average Bonchev–Trinajstić information content (AvgIpc) is 3.40. The topological polar surface area (TPSA) is 73.4 Å². The van der Waals surface area contributed by atoms with Gasteiger partial charge in [0.05, 0.1) is 24.2 Å². The summed E-state index contributed by atoms with van der Waals surface area (Å²) in [5.74, 6) is 0.165. The Morgan fingerprint density at radius 1 is 1.15 bits per heavy atom. The molecule has 0 bridgehead atoms. The molecular formula is C20H20N4O3. The Hall–Kier alpha value is -2.93. The molecule has 3 aromatic rings. The fraction of sp³-hybridized carbons (Fsp3) is 0.350. The molecule has 0 aliphatic carbocycles. The van der Waals surface area contributed by atoms with Crippen molar-refractivity contribution in [1.29, 1.82) is 0 Å². The van der Waals surface area contributed by atoms with Crippen molar-refractivity contribution in [3.63, 3.8) is 0 Å². The molecule has 2 aromatic heterocycles. The van der Waals surface area contributed by atoms with Gasteiger partial charge in [0, 0.05) is 19.3 Å². The number of carbonyl (C=O) groups is 1. The molecule has 7 heteroatoms. The first-order valence-corrected chi connectivity index (χ1v) is 9.21. The van der Waals surface area contributed by atoms with Crippen LogP contribution in [-0.4, -0.2) is 45.3 Å². The van der Waals surface area contributed by atoms with Gasteiger partial charge in [0.1, 0.15) is 5.60 Å². The fourth-order valence-corrected chi connectivity index (χ4v) is 4.04. The number of aromatic nitrogens is 3. The molecule has 0 radical (unpaired) electrons. The predicted octanol–water partition coefficient (Wildman–Crippen LogP) is 2.56. The van der Waals surface area contributed by atoms with Crippen LogP contribution in [0.25, 0.3) is 5.69 Å². The van der Waals surface area contributed by atoms with Gasteiger partial charge in [0.15, 0.2) is 6.39 Å². The number of hydrogen-bond donors (Lipinski definition) is 0. The Balaban J connectivity index is 1.40. The van der Waals surface area contributed by atoms with E-state index in [-0.39, 0.29) is 11.7 Å². The first kappa shape index (κ1) is 16.3. The number of benzene rings is 1. The zero-order chi connectivity index (χ0) is 18.3. The van der Waals surface area contributed by atoms with Crippen LogP contribution in [0.5, 0.6) is 0 Å². The minimum Gasteiger partial charge on any atom is -0.438 e. The molecule has 1 aromatic carbocycles. The van der Waals surface area contributed by atoms with Crippen LogP contribution in [0.1, 0.15) is 34.7 Å². The third-order valence-electron chi connectivity index (χ3n) is 5.49. The number of fused-ring (bicyclic) bond motifs is 2. The minimum absolute atomic E-state index is 0.117. The average molecular weight is 364 g/mol. The fourth-order valence-electron chi connectivity index (χ4n) is 4.04. The molecule has 2 aliphatic rings. The number of piperidine rings is 1. The molecule has 5 rings (SSSR count). The van der Waals surface area contributed by atoms with E-state index in [9.17, 15) is 4.79 Å². The van der Waals surface area contributed by atoms with E-state index in [0.717, 1.165) is 30.6 Å². The van der Waals surface area contributed by atoms with Gasteiger partial charge in [-0.05, 0) is 37.0 Å². The zero-order valence-electron chi connectivity index (χ0n) is 14.9. The Morgan fingerprint density at radius 2 is 1.96 bits per heavy atom. The van der Waals surface area contributed by atoms with E-state index in [2.05, 4.69) is 11.2 Å². The molecule has 0 N–H and O–H groups in total. The Kier molecular flexibility index (Phi) is 3.82. The molecule has 2 aliphatic heterocycles. The molecule has 1 amide bonds. The quantitative estimate of drug-likeness (QED) is 0.699. The van der Waals surface area contributed by atoms with E-state index in [0.29, 0.717) is 19.7 Å². The first-order chi connectivity index (χ1) is 13.3. The number of carbonyl (C=O) groups excluding carboxylic acids is 1. The summed E-state index contributed by atoms with van der Waals surface area (Å²) < 4.78 is 13.3. The van der Waals surface area contributed by atoms with Crippen molar-refractivity contribution in [2.75, 3.05) is 19.7 Å². The molecule has 4 heterocycles. The van der Waals surface area contributed by atoms with Crippen LogP contribution in [0.15, 0.2) is 53.5 Å². The van der Waals surface area contributed by atoms with Crippen molar-refractivity contribution in [2.24, 2.45) is 0 Å². The van der Waals surface area contributed by atoms with E-state index in [4.69, 9.17) is 14.3 Å². The van der Waals surface area contributed by atoms with Crippen LogP contribution >= 0.6 is 0 Å². The molecule has 0 atom stereocenters. The number of likely N-dealkylation sites (tertiary alicyclic amines) is 1. The van der Waals surface area contributed by atoms with Gasteiger partial charge in [0.25, 0.3) is 5.91 Å². The lowest BCUT2D eigenvalue weighted by Gasteiger charge is -2.42. The van der Waals surface area contributed by atoms with Crippen LogP contribution < -0.4 is 0 Å². The van der Waals surface area contributed by atoms with E-state index >= 15 is 0 Å². The van der Waals surface area contributed by atoms with Crippen molar-refractivity contribution in [1.82, 2.24) is 19.7 Å². The maximum absolute atomic E-state index is 12.5. The number of oxazole rings is 1. The lowest BCUT2D eigenvalue weighted by molar-refractivity contribution is -0.0965. The second-order valence-corrected chi connectivity index (χ2v) is 7.03. The van der Waals surface area contributed by atoms with E-state index in [1.54, 1.807) is 4.90 Å². The monoisotopic (exact) mass is 364 g/mol. The molecule has 1 spiro atoms. The van der Waals surface area contributed by atoms with Crippen molar-refractivity contribution in [3.05, 3.63) is 66.1 Å². The van der Waals surface area contributed by atoms with Gasteiger partial charge in [-0.25, -0.2) is 9.67 Å². The van der Waals surface area contributed by atoms with Gasteiger partial charge in [-0.3, -0.25) is 4.79 Å². The summed E-state index contributed by atoms with van der Waals surface area (Å²) in [6.07, 6.45) is 7.18. The zero-order valence-corrected chi connectivity index (χ0v) is 14.9. The highest BCUT2D eigenvalue weighted by Gasteiger charge is 2.44. The smallest absolute Gasteiger partial charge is 0.291 e. The molecule has 1 saturated heterocycles. The molecule has 138 valence electrons. The largest absolute Gasteiger partial charge is 0.438 e. The normalized spacial score (nSPS) is 18.4. The molecule has 1 fully saturated rings. The number of ether oxygens (including phenoxy) is 1. The Bertz CT molecular complexity index is 941. The van der Waals surface area contributed by atoms with Crippen molar-refractivity contribution < 1.29 is 13.9 Å². The summed E-state index contributed by atoms with van der Waals surface area (Å²) in [4.78, 5) is 18.1. The molecule has 0 unspecified atom stereocenters. The Morgan fingerprint density at radius 3 is 2.70 bits per heavy atom. The lowest BCUT2D eigenvalue weighted by atomic mass is 9.83. The van der Waals surface area contributed by atoms with Crippen LogP contribution in [-0.2, 0) is 16.8 Å². The standard InChI is InChI=1S/C20H20N4O3/c25-19(17-12-21-14-26-17)23-9-7-20(8-10-23)18-15(6-11-27-20)13-24(22-18)16-4-2-1-3-5-16/h1-5,12-14H,6-11H2. The highest BCUT2D eigenvalue weighted by Crippen LogP contribution is 2.41. The first-order valence-electron chi connectivity index (χ1n) is 9.21. The van der Waals surface area contributed by atoms with Crippen LogP contribution in [0.4, 0.5) is 0 Å². The third kappa shape index (κ3) is 2.75. The SMILES string of the molecule is O=C(c1cnco1)N1CCC2(CC1)OCCc1cn(-c3ccccc3)nc12. The van der Waals surface area contributed by atoms with E-state index < -0.39 is 5.60 Å². The minimum atomic E-state index is -0.411. The predicted molar refractivity (Wildman–Crippen MR) is 96.5 cm³/mol. The molecule has 7 nitrogen and oxygen atoms in total. The van der Waals surface area contributed by atoms with Gasteiger partial charge in [-0.15, -0.1) is 0 Å². The number of nitrogens with zero attached hydrogens (tertiary/aromatic N) is 4. The molecule has 0 saturated carbocycles. The number of rotatable bonds is 2. The summed E-state index contributed by atoms with van der Waals surface area (Å²) >= 11 is 0. The second-order valence-electron chi connectivity index (χ2n) is 7.03. The van der Waals surface area contributed by atoms with Crippen molar-refractivity contribution in [3.8, 4) is 5.69 Å². The van der Waals surface area contributed by atoms with Gasteiger partial charge < -0.3 is 14.1 Å². The lowest BCUT2D eigenvalue weighted by Crippen LogP contribution is -2.48. The summed E-state index contributed by atoms with van der Waals surface area (Å²) in [7, 11) is 0. The van der Waals surface area contributed by atoms with Gasteiger partial charge in [-0.1, -0.05) is 18.2 Å². The summed E-state index contributed by atoms with van der Waals surface area (Å²) in [5, 5.41) is 4.88. The molecular weight excluding hydrogens is 344 g/mol. The number of para-hydroxylation sites is 1.